The lowest BCUT2D eigenvalue weighted by Crippen LogP contribution is -2.38. The Morgan fingerprint density at radius 1 is 1.10 bits per heavy atom. The molecule has 7 nitrogen and oxygen atoms in total. The zero-order chi connectivity index (χ0) is 29.6. The third-order valence-corrected chi connectivity index (χ3v) is 9.79. The van der Waals surface area contributed by atoms with Gasteiger partial charge in [-0.05, 0) is 58.1 Å². The minimum Gasteiger partial charge on any atom is -0.481 e. The highest BCUT2D eigenvalue weighted by Gasteiger charge is 2.42. The Balaban J connectivity index is 2.17. The molecule has 2 aromatic rings. The second-order valence-electron chi connectivity index (χ2n) is 11.5. The zero-order valence-corrected chi connectivity index (χ0v) is 26.2. The van der Waals surface area contributed by atoms with Crippen LogP contribution in [0.15, 0.2) is 46.2 Å². The van der Waals surface area contributed by atoms with E-state index < -0.39 is 26.8 Å². The summed E-state index contributed by atoms with van der Waals surface area (Å²) in [5.41, 5.74) is 0.894. The van der Waals surface area contributed by atoms with Crippen molar-refractivity contribution in [2.24, 2.45) is 5.41 Å². The average Bonchev–Trinajstić information content (AvgIpc) is 3.00. The number of thioether (sulfide) groups is 1. The summed E-state index contributed by atoms with van der Waals surface area (Å²) in [7, 11) is -3.71. The third-order valence-electron chi connectivity index (χ3n) is 7.04. The highest BCUT2D eigenvalue weighted by atomic mass is 32.2. The monoisotopic (exact) mass is 586 g/mol. The van der Waals surface area contributed by atoms with Gasteiger partial charge in [0.2, 0.25) is 0 Å². The molecular formula is C31H42N2O5S2. The minimum absolute atomic E-state index is 0.0494. The number of hydrogen-bond acceptors (Lipinski definition) is 7. The van der Waals surface area contributed by atoms with Crippen LogP contribution in [0.4, 0.5) is 17.1 Å². The van der Waals surface area contributed by atoms with Crippen molar-refractivity contribution < 1.29 is 22.7 Å². The molecule has 1 heterocycles. The highest BCUT2D eigenvalue weighted by molar-refractivity contribution is 7.98. The molecule has 0 N–H and O–H groups in total. The van der Waals surface area contributed by atoms with Crippen molar-refractivity contribution in [3.8, 4) is 5.75 Å². The SMILES string of the molecule is [C-]#[N+]c1ccc(N2CC(CCCC)(CCCC)CS(=O)(=O)c3cc(OCC(=O)OC(C)(C)C)c(SC)cc32)cc1. The molecule has 3 rings (SSSR count). The Labute approximate surface area is 244 Å². The van der Waals surface area contributed by atoms with E-state index >= 15 is 0 Å². The summed E-state index contributed by atoms with van der Waals surface area (Å²) in [5, 5.41) is 0. The standard InChI is InChI=1S/C31H42N2O5S2/c1-8-10-16-31(17-11-9-2)21-33(24-14-12-23(32-6)13-15-24)25-18-27(39-7)26(19-28(25)40(35,36)22-31)37-20-29(34)38-30(3,4)5/h12-15,18-19H,8-11,16-17,20-22H2,1-5,7H3. The molecule has 0 spiro atoms. The number of carbonyl (C=O) groups excluding carboxylic acids is 1. The van der Waals surface area contributed by atoms with Gasteiger partial charge in [-0.25, -0.2) is 18.1 Å². The van der Waals surface area contributed by atoms with E-state index in [1.54, 1.807) is 39.0 Å². The molecule has 0 aliphatic carbocycles. The van der Waals surface area contributed by atoms with E-state index in [1.807, 2.05) is 24.5 Å². The summed E-state index contributed by atoms with van der Waals surface area (Å²) in [6.45, 7) is 17.2. The lowest BCUT2D eigenvalue weighted by atomic mass is 9.79. The van der Waals surface area contributed by atoms with Crippen molar-refractivity contribution in [3.63, 3.8) is 0 Å². The Kier molecular flexibility index (Phi) is 10.6. The van der Waals surface area contributed by atoms with Crippen LogP contribution in [-0.2, 0) is 19.4 Å². The van der Waals surface area contributed by atoms with Gasteiger partial charge in [-0.1, -0.05) is 51.7 Å². The summed E-state index contributed by atoms with van der Waals surface area (Å²) in [6, 6.07) is 10.8. The predicted molar refractivity (Wildman–Crippen MR) is 163 cm³/mol. The van der Waals surface area contributed by atoms with Crippen LogP contribution in [0.2, 0.25) is 0 Å². The van der Waals surface area contributed by atoms with Crippen LogP contribution < -0.4 is 9.64 Å². The molecule has 2 aromatic carbocycles. The molecule has 40 heavy (non-hydrogen) atoms. The van der Waals surface area contributed by atoms with E-state index in [2.05, 4.69) is 23.6 Å². The van der Waals surface area contributed by atoms with Gasteiger partial charge in [-0.3, -0.25) is 0 Å². The molecule has 218 valence electrons. The van der Waals surface area contributed by atoms with Gasteiger partial charge in [0.05, 0.1) is 27.8 Å². The summed E-state index contributed by atoms with van der Waals surface area (Å²) in [5.74, 6) is -0.121. The molecule has 0 saturated carbocycles. The van der Waals surface area contributed by atoms with Crippen molar-refractivity contribution in [2.45, 2.75) is 88.5 Å². The molecule has 1 aliphatic heterocycles. The van der Waals surface area contributed by atoms with Gasteiger partial charge < -0.3 is 14.4 Å². The first-order valence-electron chi connectivity index (χ1n) is 13.9. The number of benzene rings is 2. The van der Waals surface area contributed by atoms with Gasteiger partial charge >= 0.3 is 5.97 Å². The number of sulfone groups is 1. The molecule has 0 radical (unpaired) electrons. The van der Waals surface area contributed by atoms with Gasteiger partial charge in [0, 0.05) is 23.7 Å². The summed E-state index contributed by atoms with van der Waals surface area (Å²) < 4.78 is 39.6. The first-order valence-corrected chi connectivity index (χ1v) is 16.8. The predicted octanol–water partition coefficient (Wildman–Crippen LogP) is 7.97. The maximum Gasteiger partial charge on any atom is 0.344 e. The minimum atomic E-state index is -3.71. The van der Waals surface area contributed by atoms with Crippen LogP contribution in [0.1, 0.15) is 73.1 Å². The molecule has 9 heteroatoms. The second-order valence-corrected chi connectivity index (χ2v) is 14.3. The van der Waals surface area contributed by atoms with E-state index in [1.165, 1.54) is 11.8 Å². The van der Waals surface area contributed by atoms with Crippen LogP contribution in [0.3, 0.4) is 0 Å². The Morgan fingerprint density at radius 2 is 1.73 bits per heavy atom. The van der Waals surface area contributed by atoms with E-state index in [0.717, 1.165) is 49.1 Å². The molecule has 1 aliphatic rings. The van der Waals surface area contributed by atoms with Crippen molar-refractivity contribution in [2.75, 3.05) is 30.1 Å². The number of unbranched alkanes of at least 4 members (excludes halogenated alkanes) is 2. The number of nitrogens with zero attached hydrogens (tertiary/aromatic N) is 2. The van der Waals surface area contributed by atoms with Crippen molar-refractivity contribution in [1.82, 2.24) is 0 Å². The molecule has 0 amide bonds. The van der Waals surface area contributed by atoms with Crippen molar-refractivity contribution >= 4 is 44.6 Å². The van der Waals surface area contributed by atoms with Crippen LogP contribution >= 0.6 is 11.8 Å². The van der Waals surface area contributed by atoms with E-state index in [-0.39, 0.29) is 17.3 Å². The van der Waals surface area contributed by atoms with Gasteiger partial charge in [0.1, 0.15) is 11.4 Å². The van der Waals surface area contributed by atoms with E-state index in [0.29, 0.717) is 23.7 Å². The number of carbonyl (C=O) groups is 1. The quantitative estimate of drug-likeness (QED) is 0.150. The molecule has 0 fully saturated rings. The van der Waals surface area contributed by atoms with Crippen LogP contribution in [0.25, 0.3) is 4.85 Å². The Bertz CT molecular complexity index is 1320. The topological polar surface area (TPSA) is 77.3 Å². The molecule has 0 saturated heterocycles. The Morgan fingerprint density at radius 3 is 2.25 bits per heavy atom. The number of rotatable bonds is 11. The summed E-state index contributed by atoms with van der Waals surface area (Å²) in [4.78, 5) is 18.9. The second kappa shape index (κ2) is 13.3. The molecule has 0 unspecified atom stereocenters. The first-order chi connectivity index (χ1) is 18.9. The van der Waals surface area contributed by atoms with Gasteiger partial charge in [0.25, 0.3) is 0 Å². The molecule has 0 bridgehead atoms. The smallest absolute Gasteiger partial charge is 0.344 e. The fraction of sp³-hybridized carbons (Fsp3) is 0.548. The van der Waals surface area contributed by atoms with Crippen molar-refractivity contribution in [3.05, 3.63) is 47.8 Å². The number of ether oxygens (including phenoxy) is 2. The maximum atomic E-state index is 14.2. The maximum absolute atomic E-state index is 14.2. The highest BCUT2D eigenvalue weighted by Crippen LogP contribution is 2.48. The van der Waals surface area contributed by atoms with Gasteiger partial charge in [-0.15, -0.1) is 11.8 Å². The molecule has 0 atom stereocenters. The lowest BCUT2D eigenvalue weighted by molar-refractivity contribution is -0.157. The number of hydrogen-bond donors (Lipinski definition) is 0. The zero-order valence-electron chi connectivity index (χ0n) is 24.6. The van der Waals surface area contributed by atoms with Crippen LogP contribution in [0.5, 0.6) is 5.75 Å². The first kappa shape index (κ1) is 31.8. The summed E-state index contributed by atoms with van der Waals surface area (Å²) in [6.07, 6.45) is 7.38. The third kappa shape index (κ3) is 7.94. The fourth-order valence-electron chi connectivity index (χ4n) is 5.19. The average molecular weight is 587 g/mol. The number of fused-ring (bicyclic) bond motifs is 1. The number of anilines is 2. The van der Waals surface area contributed by atoms with Gasteiger partial charge in [0.15, 0.2) is 22.1 Å². The van der Waals surface area contributed by atoms with Crippen molar-refractivity contribution in [1.29, 1.82) is 0 Å². The molecule has 0 aromatic heterocycles. The van der Waals surface area contributed by atoms with Gasteiger partial charge in [-0.2, -0.15) is 0 Å². The molecular weight excluding hydrogens is 544 g/mol. The fourth-order valence-corrected chi connectivity index (χ4v) is 7.85. The van der Waals surface area contributed by atoms with E-state index in [9.17, 15) is 13.2 Å². The summed E-state index contributed by atoms with van der Waals surface area (Å²) >= 11 is 1.43. The normalized spacial score (nSPS) is 16.0. The Hall–Kier alpha value is -2.70. The number of esters is 1. The largest absolute Gasteiger partial charge is 0.481 e. The lowest BCUT2D eigenvalue weighted by Gasteiger charge is -2.37. The van der Waals surface area contributed by atoms with Crippen LogP contribution in [0, 0.1) is 12.0 Å². The van der Waals surface area contributed by atoms with Crippen LogP contribution in [-0.4, -0.2) is 45.1 Å². The van der Waals surface area contributed by atoms with E-state index in [4.69, 9.17) is 16.0 Å².